The highest BCUT2D eigenvalue weighted by molar-refractivity contribution is 14.1. The number of carbonyl (C=O) groups is 1. The Labute approximate surface area is 128 Å². The number of hydrogen-bond donors (Lipinski definition) is 2. The molecule has 20 heavy (non-hydrogen) atoms. The number of nitrogens with one attached hydrogen (secondary N) is 2. The van der Waals surface area contributed by atoms with Crippen molar-refractivity contribution in [2.24, 2.45) is 0 Å². The molecule has 0 radical (unpaired) electrons. The fourth-order valence-electron chi connectivity index (χ4n) is 1.53. The Bertz CT molecular complexity index is 617. The van der Waals surface area contributed by atoms with Crippen LogP contribution in [0.25, 0.3) is 0 Å². The third-order valence-electron chi connectivity index (χ3n) is 2.50. The molecule has 0 aliphatic heterocycles. The number of amides is 1. The number of anilines is 2. The van der Waals surface area contributed by atoms with E-state index in [0.717, 1.165) is 21.4 Å². The summed E-state index contributed by atoms with van der Waals surface area (Å²) in [5.74, 6) is -2.28. The van der Waals surface area contributed by atoms with Crippen molar-refractivity contribution in [3.8, 4) is 0 Å². The molecule has 0 spiro atoms. The van der Waals surface area contributed by atoms with E-state index in [1.54, 1.807) is 0 Å². The van der Waals surface area contributed by atoms with Gasteiger partial charge in [-0.15, -0.1) is 0 Å². The highest BCUT2D eigenvalue weighted by atomic mass is 127. The van der Waals surface area contributed by atoms with Crippen LogP contribution in [0, 0.1) is 15.2 Å². The minimum Gasteiger partial charge on any atom is -0.376 e. The Kier molecular flexibility index (Phi) is 4.89. The number of benzene rings is 2. The van der Waals surface area contributed by atoms with Crippen LogP contribution in [0.15, 0.2) is 42.5 Å². The van der Waals surface area contributed by atoms with E-state index in [4.69, 9.17) is 0 Å². The zero-order valence-corrected chi connectivity index (χ0v) is 12.4. The third kappa shape index (κ3) is 4.16. The second kappa shape index (κ2) is 6.65. The first-order chi connectivity index (χ1) is 9.54. The lowest BCUT2D eigenvalue weighted by atomic mass is 10.3. The maximum absolute atomic E-state index is 13.0. The lowest BCUT2D eigenvalue weighted by molar-refractivity contribution is -0.114. The van der Waals surface area contributed by atoms with Crippen LogP contribution in [0.3, 0.4) is 0 Å². The van der Waals surface area contributed by atoms with Crippen LogP contribution in [-0.4, -0.2) is 12.5 Å². The van der Waals surface area contributed by atoms with Crippen LogP contribution in [0.5, 0.6) is 0 Å². The lowest BCUT2D eigenvalue weighted by Gasteiger charge is -2.08. The first-order valence-corrected chi connectivity index (χ1v) is 6.87. The quantitative estimate of drug-likeness (QED) is 0.786. The predicted molar refractivity (Wildman–Crippen MR) is 82.6 cm³/mol. The first-order valence-electron chi connectivity index (χ1n) is 5.79. The minimum atomic E-state index is -0.992. The molecule has 1 amide bonds. The van der Waals surface area contributed by atoms with Gasteiger partial charge in [-0.05, 0) is 59.0 Å². The second-order valence-corrected chi connectivity index (χ2v) is 5.28. The van der Waals surface area contributed by atoms with E-state index < -0.39 is 11.6 Å². The van der Waals surface area contributed by atoms with E-state index >= 15 is 0 Å². The molecule has 2 N–H and O–H groups in total. The molecule has 2 aromatic carbocycles. The normalized spacial score (nSPS) is 10.2. The Morgan fingerprint density at radius 2 is 1.65 bits per heavy atom. The molecule has 0 saturated heterocycles. The molecule has 6 heteroatoms. The van der Waals surface area contributed by atoms with Gasteiger partial charge >= 0.3 is 0 Å². The monoisotopic (exact) mass is 388 g/mol. The van der Waals surface area contributed by atoms with Gasteiger partial charge in [0.15, 0.2) is 11.6 Å². The van der Waals surface area contributed by atoms with Crippen molar-refractivity contribution in [1.82, 2.24) is 0 Å². The molecular weight excluding hydrogens is 377 g/mol. The van der Waals surface area contributed by atoms with Crippen molar-refractivity contribution in [3.63, 3.8) is 0 Å². The molecule has 3 nitrogen and oxygen atoms in total. The molecule has 0 fully saturated rings. The Balaban J connectivity index is 1.89. The van der Waals surface area contributed by atoms with E-state index in [9.17, 15) is 13.6 Å². The molecule has 2 rings (SSSR count). The van der Waals surface area contributed by atoms with Gasteiger partial charge < -0.3 is 10.6 Å². The molecule has 104 valence electrons. The summed E-state index contributed by atoms with van der Waals surface area (Å²) in [5.41, 5.74) is 1.03. The topological polar surface area (TPSA) is 41.1 Å². The molecule has 0 atom stereocenters. The fourth-order valence-corrected chi connectivity index (χ4v) is 1.89. The summed E-state index contributed by atoms with van der Waals surface area (Å²) in [4.78, 5) is 11.7. The van der Waals surface area contributed by atoms with Gasteiger partial charge in [-0.1, -0.05) is 0 Å². The SMILES string of the molecule is O=C(CNc1ccc(I)cc1)Nc1ccc(F)c(F)c1. The average molecular weight is 388 g/mol. The van der Waals surface area contributed by atoms with Crippen molar-refractivity contribution in [3.05, 3.63) is 57.7 Å². The highest BCUT2D eigenvalue weighted by Gasteiger charge is 2.06. The summed E-state index contributed by atoms with van der Waals surface area (Å²) in [6, 6.07) is 10.8. The Morgan fingerprint density at radius 3 is 2.30 bits per heavy atom. The van der Waals surface area contributed by atoms with Crippen molar-refractivity contribution < 1.29 is 13.6 Å². The van der Waals surface area contributed by atoms with E-state index in [0.29, 0.717) is 0 Å². The molecule has 0 saturated carbocycles. The highest BCUT2D eigenvalue weighted by Crippen LogP contribution is 2.13. The van der Waals surface area contributed by atoms with Gasteiger partial charge in [0, 0.05) is 21.0 Å². The fraction of sp³-hybridized carbons (Fsp3) is 0.0714. The van der Waals surface area contributed by atoms with Gasteiger partial charge in [0.2, 0.25) is 5.91 Å². The predicted octanol–water partition coefficient (Wildman–Crippen LogP) is 3.62. The summed E-state index contributed by atoms with van der Waals surface area (Å²) in [7, 11) is 0. The van der Waals surface area contributed by atoms with E-state index in [1.165, 1.54) is 6.07 Å². The Morgan fingerprint density at radius 1 is 1.00 bits per heavy atom. The smallest absolute Gasteiger partial charge is 0.243 e. The standard InChI is InChI=1S/C14H11F2IN2O/c15-12-6-5-11(7-13(12)16)19-14(20)8-18-10-3-1-9(17)2-4-10/h1-7,18H,8H2,(H,19,20). The molecule has 2 aromatic rings. The van der Waals surface area contributed by atoms with Gasteiger partial charge in [0.25, 0.3) is 0 Å². The zero-order valence-electron chi connectivity index (χ0n) is 10.3. The van der Waals surface area contributed by atoms with Gasteiger partial charge in [0.05, 0.1) is 6.54 Å². The van der Waals surface area contributed by atoms with E-state index in [-0.39, 0.29) is 18.1 Å². The first kappa shape index (κ1) is 14.7. The maximum atomic E-state index is 13.0. The van der Waals surface area contributed by atoms with Crippen LogP contribution in [0.2, 0.25) is 0 Å². The van der Waals surface area contributed by atoms with Gasteiger partial charge in [-0.2, -0.15) is 0 Å². The van der Waals surface area contributed by atoms with Crippen LogP contribution < -0.4 is 10.6 Å². The van der Waals surface area contributed by atoms with Crippen LogP contribution in [-0.2, 0) is 4.79 Å². The van der Waals surface area contributed by atoms with Crippen LogP contribution in [0.1, 0.15) is 0 Å². The molecule has 0 bridgehead atoms. The molecule has 0 heterocycles. The molecule has 0 aromatic heterocycles. The van der Waals surface area contributed by atoms with Gasteiger partial charge in [-0.25, -0.2) is 8.78 Å². The van der Waals surface area contributed by atoms with Crippen molar-refractivity contribution >= 4 is 39.9 Å². The van der Waals surface area contributed by atoms with Crippen LogP contribution >= 0.6 is 22.6 Å². The molecule has 0 unspecified atom stereocenters. The number of hydrogen-bond acceptors (Lipinski definition) is 2. The number of halogens is 3. The third-order valence-corrected chi connectivity index (χ3v) is 3.22. The van der Waals surface area contributed by atoms with Gasteiger partial charge in [-0.3, -0.25) is 4.79 Å². The zero-order chi connectivity index (χ0) is 14.5. The molecule has 0 aliphatic rings. The van der Waals surface area contributed by atoms with Gasteiger partial charge in [0.1, 0.15) is 0 Å². The lowest BCUT2D eigenvalue weighted by Crippen LogP contribution is -2.21. The summed E-state index contributed by atoms with van der Waals surface area (Å²) >= 11 is 2.19. The van der Waals surface area contributed by atoms with Crippen LogP contribution in [0.4, 0.5) is 20.2 Å². The van der Waals surface area contributed by atoms with E-state index in [1.807, 2.05) is 24.3 Å². The summed E-state index contributed by atoms with van der Waals surface area (Å²) in [6.45, 7) is 0.0413. The van der Waals surface area contributed by atoms with Crippen molar-refractivity contribution in [1.29, 1.82) is 0 Å². The average Bonchev–Trinajstić information content (AvgIpc) is 2.42. The summed E-state index contributed by atoms with van der Waals surface area (Å²) in [6.07, 6.45) is 0. The largest absolute Gasteiger partial charge is 0.376 e. The molecular formula is C14H11F2IN2O. The molecule has 0 aliphatic carbocycles. The minimum absolute atomic E-state index is 0.0413. The summed E-state index contributed by atoms with van der Waals surface area (Å²) < 4.78 is 26.8. The number of rotatable bonds is 4. The summed E-state index contributed by atoms with van der Waals surface area (Å²) in [5, 5.41) is 5.42. The van der Waals surface area contributed by atoms with E-state index in [2.05, 4.69) is 33.2 Å². The second-order valence-electron chi connectivity index (χ2n) is 4.04. The maximum Gasteiger partial charge on any atom is 0.243 e. The van der Waals surface area contributed by atoms with Crippen molar-refractivity contribution in [2.45, 2.75) is 0 Å². The van der Waals surface area contributed by atoms with Crippen molar-refractivity contribution in [2.75, 3.05) is 17.2 Å². The number of carbonyl (C=O) groups excluding carboxylic acids is 1. The Hall–Kier alpha value is -1.70.